The minimum absolute atomic E-state index is 0.0753. The van der Waals surface area contributed by atoms with Crippen LogP contribution in [0.4, 0.5) is 0 Å². The van der Waals surface area contributed by atoms with E-state index in [4.69, 9.17) is 4.11 Å². The first-order valence-electron chi connectivity index (χ1n) is 8.15. The van der Waals surface area contributed by atoms with E-state index in [9.17, 15) is 9.90 Å². The molecule has 1 saturated carbocycles. The highest BCUT2D eigenvalue weighted by Gasteiger charge is 2.41. The number of allylic oxidation sites excluding steroid dienone is 2. The number of aliphatic carboxylic acids is 1. The fourth-order valence-electron chi connectivity index (χ4n) is 3.69. The smallest absolute Gasteiger partial charge is 0.306 e. The zero-order valence-corrected chi connectivity index (χ0v) is 10.6. The van der Waals surface area contributed by atoms with E-state index in [2.05, 4.69) is 6.92 Å². The first-order chi connectivity index (χ1) is 9.21. The molecule has 2 nitrogen and oxygen atoms in total. The van der Waals surface area contributed by atoms with Crippen molar-refractivity contribution in [3.8, 4) is 0 Å². The van der Waals surface area contributed by atoms with Crippen LogP contribution in [0.1, 0.15) is 50.5 Å². The summed E-state index contributed by atoms with van der Waals surface area (Å²) in [7, 11) is 0. The van der Waals surface area contributed by atoms with Gasteiger partial charge in [-0.2, -0.15) is 0 Å². The predicted octanol–water partition coefficient (Wildman–Crippen LogP) is 3.73. The van der Waals surface area contributed by atoms with Crippen LogP contribution < -0.4 is 0 Å². The van der Waals surface area contributed by atoms with Gasteiger partial charge in [0, 0.05) is 4.11 Å². The molecule has 0 aromatic heterocycles. The van der Waals surface area contributed by atoms with Crippen LogP contribution in [-0.2, 0) is 4.79 Å². The summed E-state index contributed by atoms with van der Waals surface area (Å²) in [5.41, 5.74) is 0.537. The van der Waals surface area contributed by atoms with E-state index in [1.165, 1.54) is 0 Å². The number of hydrogen-bond acceptors (Lipinski definition) is 1. The summed E-state index contributed by atoms with van der Waals surface area (Å²) in [5.74, 6) is 0.0357. The molecule has 0 amide bonds. The van der Waals surface area contributed by atoms with Crippen molar-refractivity contribution in [2.75, 3.05) is 0 Å². The van der Waals surface area contributed by atoms with Crippen LogP contribution in [-0.4, -0.2) is 11.1 Å². The van der Waals surface area contributed by atoms with Crippen molar-refractivity contribution in [3.63, 3.8) is 0 Å². The number of fused-ring (bicyclic) bond motifs is 1. The molecule has 4 unspecified atom stereocenters. The Kier molecular flexibility index (Phi) is 2.61. The summed E-state index contributed by atoms with van der Waals surface area (Å²) in [6, 6.07) is 0. The Morgan fingerprint density at radius 3 is 2.94 bits per heavy atom. The Labute approximate surface area is 108 Å². The lowest BCUT2D eigenvalue weighted by Crippen LogP contribution is -2.39. The van der Waals surface area contributed by atoms with Gasteiger partial charge in [-0.15, -0.1) is 0 Å². The molecule has 2 aliphatic rings. The Morgan fingerprint density at radius 1 is 1.53 bits per heavy atom. The second-order valence-electron chi connectivity index (χ2n) is 5.82. The van der Waals surface area contributed by atoms with Crippen LogP contribution >= 0.6 is 0 Å². The molecule has 5 atom stereocenters. The minimum Gasteiger partial charge on any atom is -0.481 e. The molecule has 2 aliphatic carbocycles. The molecule has 1 fully saturated rings. The molecule has 0 radical (unpaired) electrons. The largest absolute Gasteiger partial charge is 0.481 e. The van der Waals surface area contributed by atoms with Gasteiger partial charge in [0.15, 0.2) is 0 Å². The molecule has 0 heterocycles. The lowest BCUT2D eigenvalue weighted by Gasteiger charge is -2.44. The molecule has 96 valence electrons. The maximum Gasteiger partial charge on any atom is 0.306 e. The van der Waals surface area contributed by atoms with Gasteiger partial charge in [-0.1, -0.05) is 31.9 Å². The van der Waals surface area contributed by atoms with Gasteiger partial charge in [0.1, 0.15) is 0 Å². The molecule has 0 spiro atoms. The van der Waals surface area contributed by atoms with E-state index in [-0.39, 0.29) is 11.8 Å². The molecule has 2 rings (SSSR count). The van der Waals surface area contributed by atoms with E-state index in [1.54, 1.807) is 6.92 Å². The Bertz CT molecular complexity index is 414. The Morgan fingerprint density at radius 2 is 2.29 bits per heavy atom. The van der Waals surface area contributed by atoms with Crippen molar-refractivity contribution >= 4 is 5.97 Å². The highest BCUT2D eigenvalue weighted by atomic mass is 16.4. The third kappa shape index (κ3) is 2.41. The SMILES string of the molecule is [2H]C([2H])([2H])C1=CC2C(C(C)C(=O)O)CC[C@@H](C)C2CC1. The zero-order valence-electron chi connectivity index (χ0n) is 13.6. The van der Waals surface area contributed by atoms with Gasteiger partial charge in [0.25, 0.3) is 0 Å². The maximum atomic E-state index is 11.3. The fourth-order valence-corrected chi connectivity index (χ4v) is 3.69. The first-order valence-corrected chi connectivity index (χ1v) is 6.65. The van der Waals surface area contributed by atoms with Crippen LogP contribution in [0.3, 0.4) is 0 Å². The van der Waals surface area contributed by atoms with Crippen LogP contribution in [0.2, 0.25) is 0 Å². The van der Waals surface area contributed by atoms with Crippen molar-refractivity contribution in [2.24, 2.45) is 29.6 Å². The van der Waals surface area contributed by atoms with Gasteiger partial charge in [-0.3, -0.25) is 4.79 Å². The zero-order chi connectivity index (χ0) is 15.1. The summed E-state index contributed by atoms with van der Waals surface area (Å²) in [5, 5.41) is 9.28. The lowest BCUT2D eigenvalue weighted by molar-refractivity contribution is -0.144. The van der Waals surface area contributed by atoms with Crippen LogP contribution in [0, 0.1) is 29.6 Å². The summed E-state index contributed by atoms with van der Waals surface area (Å²) >= 11 is 0. The molecular weight excluding hydrogens is 212 g/mol. The van der Waals surface area contributed by atoms with Gasteiger partial charge in [0.05, 0.1) is 5.92 Å². The Hall–Kier alpha value is -0.790. The number of carboxylic acids is 1. The fraction of sp³-hybridized carbons (Fsp3) is 0.800. The molecule has 17 heavy (non-hydrogen) atoms. The van der Waals surface area contributed by atoms with Crippen molar-refractivity contribution in [1.82, 2.24) is 0 Å². The van der Waals surface area contributed by atoms with E-state index in [0.717, 1.165) is 19.3 Å². The second kappa shape index (κ2) is 4.83. The number of hydrogen-bond donors (Lipinski definition) is 1. The monoisotopic (exact) mass is 239 g/mol. The predicted molar refractivity (Wildman–Crippen MR) is 68.7 cm³/mol. The third-order valence-electron chi connectivity index (χ3n) is 4.85. The third-order valence-corrected chi connectivity index (χ3v) is 4.85. The van der Waals surface area contributed by atoms with Crippen LogP contribution in [0.15, 0.2) is 11.6 Å². The normalized spacial score (nSPS) is 42.5. The number of rotatable bonds is 2. The van der Waals surface area contributed by atoms with Gasteiger partial charge in [-0.25, -0.2) is 0 Å². The molecule has 0 aromatic carbocycles. The van der Waals surface area contributed by atoms with Crippen LogP contribution in [0.5, 0.6) is 0 Å². The lowest BCUT2D eigenvalue weighted by atomic mass is 9.60. The molecule has 2 heteroatoms. The van der Waals surface area contributed by atoms with Gasteiger partial charge in [-0.05, 0) is 49.8 Å². The van der Waals surface area contributed by atoms with Crippen molar-refractivity contribution in [1.29, 1.82) is 0 Å². The second-order valence-corrected chi connectivity index (χ2v) is 5.82. The number of carboxylic acid groups (broad SMARTS) is 1. The van der Waals surface area contributed by atoms with Crippen molar-refractivity contribution in [2.45, 2.75) is 46.4 Å². The summed E-state index contributed by atoms with van der Waals surface area (Å²) < 4.78 is 22.8. The van der Waals surface area contributed by atoms with E-state index < -0.39 is 18.7 Å². The van der Waals surface area contributed by atoms with Crippen molar-refractivity contribution < 1.29 is 14.0 Å². The van der Waals surface area contributed by atoms with Crippen molar-refractivity contribution in [3.05, 3.63) is 11.6 Å². The summed E-state index contributed by atoms with van der Waals surface area (Å²) in [6.07, 6.45) is 5.37. The average molecular weight is 239 g/mol. The molecule has 0 bridgehead atoms. The van der Waals surface area contributed by atoms with Gasteiger partial charge in [0.2, 0.25) is 0 Å². The Balaban J connectivity index is 2.30. The van der Waals surface area contributed by atoms with Gasteiger partial charge < -0.3 is 5.11 Å². The van der Waals surface area contributed by atoms with E-state index in [1.807, 2.05) is 6.08 Å². The quantitative estimate of drug-likeness (QED) is 0.746. The highest BCUT2D eigenvalue weighted by molar-refractivity contribution is 5.70. The van der Waals surface area contributed by atoms with E-state index in [0.29, 0.717) is 23.8 Å². The summed E-state index contributed by atoms with van der Waals surface area (Å²) in [6.45, 7) is 1.95. The molecular formula is C15H24O2. The topological polar surface area (TPSA) is 37.3 Å². The molecule has 1 N–H and O–H groups in total. The average Bonchev–Trinajstić information content (AvgIpc) is 2.37. The first kappa shape index (κ1) is 9.18. The standard InChI is InChI=1S/C15H24O2/c1-9-4-6-12-10(2)5-7-13(14(12)8-9)11(3)15(16)17/h8,10-14H,4-7H2,1-3H3,(H,16,17)/t10-,11?,12?,13?,14?/m1/s1/i1D3. The number of carbonyl (C=O) groups is 1. The molecule has 0 saturated heterocycles. The van der Waals surface area contributed by atoms with E-state index >= 15 is 0 Å². The minimum atomic E-state index is -2.03. The molecule has 0 aliphatic heterocycles. The summed E-state index contributed by atoms with van der Waals surface area (Å²) in [4.78, 5) is 11.3. The molecule has 0 aromatic rings. The maximum absolute atomic E-state index is 11.3. The highest BCUT2D eigenvalue weighted by Crippen LogP contribution is 2.47. The van der Waals surface area contributed by atoms with Crippen LogP contribution in [0.25, 0.3) is 0 Å². The van der Waals surface area contributed by atoms with Gasteiger partial charge >= 0.3 is 5.97 Å².